The number of hydrogen-bond donors (Lipinski definition) is 2. The van der Waals surface area contributed by atoms with Crippen molar-refractivity contribution in [1.29, 1.82) is 0 Å². The van der Waals surface area contributed by atoms with Gasteiger partial charge in [-0.2, -0.15) is 0 Å². The van der Waals surface area contributed by atoms with E-state index in [-0.39, 0.29) is 34.9 Å². The standard InChI is InChI=1S/C10H17N3O4S2.ClH/c1-4-11-7(2)5-13-19(15,16)10-8(9(14)17-3)12-6-18-10;/h6-7,11,13H,4-5H2,1-3H3;1H/t7-;/m1./s1. The fourth-order valence-electron chi connectivity index (χ4n) is 1.38. The summed E-state index contributed by atoms with van der Waals surface area (Å²) < 4.78 is 30.9. The van der Waals surface area contributed by atoms with E-state index in [1.807, 2.05) is 13.8 Å². The van der Waals surface area contributed by atoms with Gasteiger partial charge in [-0.05, 0) is 13.5 Å². The summed E-state index contributed by atoms with van der Waals surface area (Å²) >= 11 is 0.882. The molecule has 2 N–H and O–H groups in total. The Balaban J connectivity index is 0.00000361. The first kappa shape index (κ1) is 19.3. The summed E-state index contributed by atoms with van der Waals surface area (Å²) in [5.74, 6) is -0.763. The van der Waals surface area contributed by atoms with E-state index in [1.165, 1.54) is 12.6 Å². The topological polar surface area (TPSA) is 97.4 Å². The van der Waals surface area contributed by atoms with Gasteiger partial charge >= 0.3 is 5.97 Å². The van der Waals surface area contributed by atoms with Gasteiger partial charge < -0.3 is 10.1 Å². The summed E-state index contributed by atoms with van der Waals surface area (Å²) in [5.41, 5.74) is 1.12. The van der Waals surface area contributed by atoms with Crippen LogP contribution >= 0.6 is 23.7 Å². The van der Waals surface area contributed by atoms with Gasteiger partial charge in [-0.25, -0.2) is 22.9 Å². The van der Waals surface area contributed by atoms with Gasteiger partial charge in [-0.15, -0.1) is 23.7 Å². The molecule has 0 aromatic carbocycles. The average molecular weight is 344 g/mol. The zero-order valence-electron chi connectivity index (χ0n) is 11.4. The fourth-order valence-corrected chi connectivity index (χ4v) is 3.68. The van der Waals surface area contributed by atoms with Crippen LogP contribution in [0.3, 0.4) is 0 Å². The molecule has 116 valence electrons. The second-order valence-electron chi connectivity index (χ2n) is 3.79. The zero-order valence-corrected chi connectivity index (χ0v) is 13.8. The highest BCUT2D eigenvalue weighted by Gasteiger charge is 2.26. The Morgan fingerprint density at radius 2 is 2.20 bits per heavy atom. The molecule has 0 aliphatic carbocycles. The number of esters is 1. The normalized spacial score (nSPS) is 12.6. The quantitative estimate of drug-likeness (QED) is 0.705. The van der Waals surface area contributed by atoms with Crippen LogP contribution < -0.4 is 10.0 Å². The molecular weight excluding hydrogens is 326 g/mol. The fraction of sp³-hybridized carbons (Fsp3) is 0.600. The molecule has 0 spiro atoms. The molecular formula is C10H18ClN3O4S2. The van der Waals surface area contributed by atoms with Crippen LogP contribution in [0.5, 0.6) is 0 Å². The molecule has 10 heteroatoms. The van der Waals surface area contributed by atoms with E-state index in [0.29, 0.717) is 0 Å². The van der Waals surface area contributed by atoms with E-state index in [0.717, 1.165) is 17.9 Å². The molecule has 20 heavy (non-hydrogen) atoms. The van der Waals surface area contributed by atoms with Gasteiger partial charge in [-0.1, -0.05) is 6.92 Å². The second-order valence-corrected chi connectivity index (χ2v) is 6.61. The number of ether oxygens (including phenoxy) is 1. The van der Waals surface area contributed by atoms with E-state index in [2.05, 4.69) is 19.8 Å². The maximum Gasteiger partial charge on any atom is 0.358 e. The molecule has 0 fully saturated rings. The second kappa shape index (κ2) is 8.53. The molecule has 0 bridgehead atoms. The minimum atomic E-state index is -3.75. The maximum absolute atomic E-state index is 12.1. The Hall–Kier alpha value is -0.740. The van der Waals surface area contributed by atoms with Gasteiger partial charge in [0.25, 0.3) is 10.0 Å². The number of nitrogens with zero attached hydrogens (tertiary/aromatic N) is 1. The minimum absolute atomic E-state index is 0. The summed E-state index contributed by atoms with van der Waals surface area (Å²) in [6.45, 7) is 4.77. The summed E-state index contributed by atoms with van der Waals surface area (Å²) in [6.07, 6.45) is 0. The molecule has 0 unspecified atom stereocenters. The molecule has 0 radical (unpaired) electrons. The number of carbonyl (C=O) groups is 1. The summed E-state index contributed by atoms with van der Waals surface area (Å²) in [4.78, 5) is 15.1. The number of hydrogen-bond acceptors (Lipinski definition) is 7. The van der Waals surface area contributed by atoms with Gasteiger partial charge in [-0.3, -0.25) is 0 Å². The highest BCUT2D eigenvalue weighted by Crippen LogP contribution is 2.20. The molecule has 7 nitrogen and oxygen atoms in total. The SMILES string of the molecule is CCN[C@H](C)CNS(=O)(=O)c1scnc1C(=O)OC.Cl. The molecule has 1 aromatic heterocycles. The molecule has 0 saturated carbocycles. The monoisotopic (exact) mass is 343 g/mol. The molecule has 1 atom stereocenters. The number of sulfonamides is 1. The predicted octanol–water partition coefficient (Wildman–Crippen LogP) is 0.628. The lowest BCUT2D eigenvalue weighted by atomic mass is 10.3. The Morgan fingerprint density at radius 1 is 1.55 bits per heavy atom. The van der Waals surface area contributed by atoms with Gasteiger partial charge in [0.2, 0.25) is 0 Å². The van der Waals surface area contributed by atoms with E-state index in [9.17, 15) is 13.2 Å². The third-order valence-corrected chi connectivity index (χ3v) is 5.08. The molecule has 0 aliphatic heterocycles. The summed E-state index contributed by atoms with van der Waals surface area (Å²) in [6, 6.07) is -0.00530. The number of likely N-dealkylation sites (N-methyl/N-ethyl adjacent to an activating group) is 1. The first-order valence-electron chi connectivity index (χ1n) is 5.67. The predicted molar refractivity (Wildman–Crippen MR) is 79.0 cm³/mol. The van der Waals surface area contributed by atoms with Crippen LogP contribution in [-0.4, -0.2) is 45.6 Å². The number of rotatable bonds is 7. The molecule has 1 rings (SSSR count). The number of aromatic nitrogens is 1. The molecule has 1 heterocycles. The van der Waals surface area contributed by atoms with Crippen molar-refractivity contribution in [2.45, 2.75) is 24.1 Å². The van der Waals surface area contributed by atoms with E-state index in [1.54, 1.807) is 0 Å². The van der Waals surface area contributed by atoms with Crippen molar-refractivity contribution in [2.75, 3.05) is 20.2 Å². The number of nitrogens with one attached hydrogen (secondary N) is 2. The molecule has 0 saturated heterocycles. The number of thiazole rings is 1. The van der Waals surface area contributed by atoms with Crippen LogP contribution in [0.15, 0.2) is 9.72 Å². The Morgan fingerprint density at radius 3 is 2.75 bits per heavy atom. The van der Waals surface area contributed by atoms with Crippen molar-refractivity contribution in [3.8, 4) is 0 Å². The Bertz CT molecular complexity index is 532. The van der Waals surface area contributed by atoms with Crippen LogP contribution in [0.25, 0.3) is 0 Å². The highest BCUT2D eigenvalue weighted by molar-refractivity contribution is 7.91. The van der Waals surface area contributed by atoms with Gasteiger partial charge in [0.15, 0.2) is 9.90 Å². The van der Waals surface area contributed by atoms with Crippen molar-refractivity contribution in [2.24, 2.45) is 0 Å². The third-order valence-electron chi connectivity index (χ3n) is 2.29. The lowest BCUT2D eigenvalue weighted by molar-refractivity contribution is 0.0590. The van der Waals surface area contributed by atoms with Crippen LogP contribution in [0.2, 0.25) is 0 Å². The van der Waals surface area contributed by atoms with Crippen molar-refractivity contribution in [3.63, 3.8) is 0 Å². The van der Waals surface area contributed by atoms with Crippen LogP contribution in [-0.2, 0) is 14.8 Å². The number of methoxy groups -OCH3 is 1. The van der Waals surface area contributed by atoms with Crippen LogP contribution in [0.1, 0.15) is 24.3 Å². The largest absolute Gasteiger partial charge is 0.464 e. The first-order chi connectivity index (χ1) is 8.92. The van der Waals surface area contributed by atoms with Crippen molar-refractivity contribution >= 4 is 39.7 Å². The number of halogens is 1. The summed E-state index contributed by atoms with van der Waals surface area (Å²) in [5, 5.41) is 3.08. The number of carbonyl (C=O) groups excluding carboxylic acids is 1. The first-order valence-corrected chi connectivity index (χ1v) is 8.03. The summed E-state index contributed by atoms with van der Waals surface area (Å²) in [7, 11) is -2.57. The van der Waals surface area contributed by atoms with Crippen molar-refractivity contribution in [3.05, 3.63) is 11.2 Å². The molecule has 1 aromatic rings. The van der Waals surface area contributed by atoms with Gasteiger partial charge in [0, 0.05) is 12.6 Å². The average Bonchev–Trinajstić information content (AvgIpc) is 2.86. The smallest absolute Gasteiger partial charge is 0.358 e. The van der Waals surface area contributed by atoms with Gasteiger partial charge in [0.05, 0.1) is 12.6 Å². The lowest BCUT2D eigenvalue weighted by Gasteiger charge is -2.13. The zero-order chi connectivity index (χ0) is 14.5. The minimum Gasteiger partial charge on any atom is -0.464 e. The Kier molecular flexibility index (Phi) is 8.21. The van der Waals surface area contributed by atoms with Crippen molar-refractivity contribution < 1.29 is 17.9 Å². The van der Waals surface area contributed by atoms with Crippen LogP contribution in [0, 0.1) is 0 Å². The van der Waals surface area contributed by atoms with Crippen molar-refractivity contribution in [1.82, 2.24) is 15.0 Å². The van der Waals surface area contributed by atoms with Crippen LogP contribution in [0.4, 0.5) is 0 Å². The highest BCUT2D eigenvalue weighted by atomic mass is 35.5. The lowest BCUT2D eigenvalue weighted by Crippen LogP contribution is -2.38. The maximum atomic E-state index is 12.1. The molecule has 0 amide bonds. The van der Waals surface area contributed by atoms with E-state index in [4.69, 9.17) is 0 Å². The van der Waals surface area contributed by atoms with E-state index >= 15 is 0 Å². The third kappa shape index (κ3) is 4.98. The Labute approximate surface area is 128 Å². The van der Waals surface area contributed by atoms with E-state index < -0.39 is 16.0 Å². The molecule has 0 aliphatic rings. The van der Waals surface area contributed by atoms with Gasteiger partial charge in [0.1, 0.15) is 0 Å².